The van der Waals surface area contributed by atoms with Gasteiger partial charge >= 0.3 is 0 Å². The number of aromatic amines is 1. The monoisotopic (exact) mass is 268 g/mol. The predicted molar refractivity (Wildman–Crippen MR) is 64.2 cm³/mol. The summed E-state index contributed by atoms with van der Waals surface area (Å²) in [6.45, 7) is 0.284. The Morgan fingerprint density at radius 3 is 2.78 bits per heavy atom. The summed E-state index contributed by atoms with van der Waals surface area (Å²) in [6.07, 6.45) is 0. The van der Waals surface area contributed by atoms with E-state index in [2.05, 4.69) is 30.7 Å². The number of aromatic nitrogens is 4. The van der Waals surface area contributed by atoms with Crippen LogP contribution in [0.4, 0.5) is 5.69 Å². The Morgan fingerprint density at radius 2 is 2.11 bits per heavy atom. The number of benzene rings is 1. The van der Waals surface area contributed by atoms with Crippen molar-refractivity contribution in [1.29, 1.82) is 0 Å². The zero-order chi connectivity index (χ0) is 13.0. The van der Waals surface area contributed by atoms with Crippen molar-refractivity contribution in [3.63, 3.8) is 0 Å². The molecule has 9 heteroatoms. The molecule has 0 aliphatic rings. The number of hydrogen-bond acceptors (Lipinski definition) is 6. The third kappa shape index (κ3) is 2.63. The zero-order valence-corrected chi connectivity index (χ0v) is 10.4. The molecule has 18 heavy (non-hydrogen) atoms. The van der Waals surface area contributed by atoms with E-state index in [1.807, 2.05) is 0 Å². The molecule has 1 heterocycles. The maximum Gasteiger partial charge on any atom is 0.242 e. The maximum atomic E-state index is 11.8. The molecule has 0 bridgehead atoms. The number of hydrogen-bond donors (Lipinski definition) is 3. The third-order valence-corrected chi connectivity index (χ3v) is 3.74. The van der Waals surface area contributed by atoms with Gasteiger partial charge in [0.1, 0.15) is 4.90 Å². The fourth-order valence-corrected chi connectivity index (χ4v) is 2.30. The topological polar surface area (TPSA) is 113 Å². The fourth-order valence-electron chi connectivity index (χ4n) is 1.39. The molecule has 96 valence electrons. The Labute approximate surface area is 104 Å². The van der Waals surface area contributed by atoms with Gasteiger partial charge in [-0.25, -0.2) is 13.1 Å². The fraction of sp³-hybridized carbons (Fsp3) is 0.222. The van der Waals surface area contributed by atoms with Crippen LogP contribution in [0.2, 0.25) is 0 Å². The second kappa shape index (κ2) is 5.10. The summed E-state index contributed by atoms with van der Waals surface area (Å²) in [5, 5.41) is 16.2. The molecule has 0 saturated heterocycles. The van der Waals surface area contributed by atoms with Crippen LogP contribution in [0.1, 0.15) is 5.82 Å². The quantitative estimate of drug-likeness (QED) is 0.687. The number of anilines is 1. The molecule has 2 aromatic rings. The summed E-state index contributed by atoms with van der Waals surface area (Å²) >= 11 is 0. The second-order valence-electron chi connectivity index (χ2n) is 3.39. The molecular formula is C9H12N6O2S. The standard InChI is InChI=1S/C9H12N6O2S/c1-10-18(16,17)8-5-3-2-4-7(8)11-6-9-12-14-15-13-9/h2-5,10-11H,6H2,1H3,(H,12,13,14,15). The smallest absolute Gasteiger partial charge is 0.242 e. The van der Waals surface area contributed by atoms with E-state index in [4.69, 9.17) is 0 Å². The maximum absolute atomic E-state index is 11.8. The van der Waals surface area contributed by atoms with Gasteiger partial charge in [0.25, 0.3) is 0 Å². The van der Waals surface area contributed by atoms with E-state index < -0.39 is 10.0 Å². The number of H-pyrrole nitrogens is 1. The van der Waals surface area contributed by atoms with E-state index in [1.165, 1.54) is 13.1 Å². The summed E-state index contributed by atoms with van der Waals surface area (Å²) < 4.78 is 25.8. The molecule has 0 radical (unpaired) electrons. The number of sulfonamides is 1. The molecule has 0 amide bonds. The molecule has 0 fully saturated rings. The molecule has 0 spiro atoms. The van der Waals surface area contributed by atoms with Gasteiger partial charge in [-0.1, -0.05) is 17.3 Å². The number of tetrazole rings is 1. The molecule has 0 aliphatic heterocycles. The Balaban J connectivity index is 2.23. The minimum absolute atomic E-state index is 0.177. The van der Waals surface area contributed by atoms with Crippen molar-refractivity contribution in [2.75, 3.05) is 12.4 Å². The van der Waals surface area contributed by atoms with Crippen LogP contribution in [0.3, 0.4) is 0 Å². The zero-order valence-electron chi connectivity index (χ0n) is 9.58. The number of rotatable bonds is 5. The largest absolute Gasteiger partial charge is 0.376 e. The normalized spacial score (nSPS) is 11.4. The highest BCUT2D eigenvalue weighted by molar-refractivity contribution is 7.89. The van der Waals surface area contributed by atoms with E-state index in [0.29, 0.717) is 11.5 Å². The minimum atomic E-state index is -3.50. The van der Waals surface area contributed by atoms with Gasteiger partial charge in [-0.2, -0.15) is 5.21 Å². The van der Waals surface area contributed by atoms with Crippen LogP contribution in [0.15, 0.2) is 29.2 Å². The first-order valence-electron chi connectivity index (χ1n) is 5.12. The average molecular weight is 268 g/mol. The minimum Gasteiger partial charge on any atom is -0.376 e. The summed E-state index contributed by atoms with van der Waals surface area (Å²) in [5.74, 6) is 0.451. The predicted octanol–water partition coefficient (Wildman–Crippen LogP) is -0.280. The summed E-state index contributed by atoms with van der Waals surface area (Å²) in [7, 11) is -2.13. The van der Waals surface area contributed by atoms with Crippen molar-refractivity contribution in [3.05, 3.63) is 30.1 Å². The van der Waals surface area contributed by atoms with Gasteiger partial charge in [-0.05, 0) is 19.2 Å². The Hall–Kier alpha value is -2.00. The van der Waals surface area contributed by atoms with Crippen LogP contribution in [0, 0.1) is 0 Å². The summed E-state index contributed by atoms with van der Waals surface area (Å²) in [4.78, 5) is 0.177. The second-order valence-corrected chi connectivity index (χ2v) is 5.24. The van der Waals surface area contributed by atoms with Crippen molar-refractivity contribution in [2.45, 2.75) is 11.4 Å². The summed E-state index contributed by atoms with van der Waals surface area (Å²) in [6, 6.07) is 6.59. The van der Waals surface area contributed by atoms with Gasteiger partial charge in [-0.15, -0.1) is 10.2 Å². The van der Waals surface area contributed by atoms with Gasteiger partial charge in [0.15, 0.2) is 5.82 Å². The van der Waals surface area contributed by atoms with Crippen LogP contribution in [-0.4, -0.2) is 36.1 Å². The van der Waals surface area contributed by atoms with Crippen LogP contribution in [0.25, 0.3) is 0 Å². The van der Waals surface area contributed by atoms with Crippen molar-refractivity contribution in [2.24, 2.45) is 0 Å². The first kappa shape index (κ1) is 12.5. The Morgan fingerprint density at radius 1 is 1.33 bits per heavy atom. The van der Waals surface area contributed by atoms with E-state index in [1.54, 1.807) is 18.2 Å². The first-order chi connectivity index (χ1) is 8.63. The molecule has 3 N–H and O–H groups in total. The molecule has 8 nitrogen and oxygen atoms in total. The molecule has 0 unspecified atom stereocenters. The average Bonchev–Trinajstić information content (AvgIpc) is 2.90. The van der Waals surface area contributed by atoms with Crippen molar-refractivity contribution in [1.82, 2.24) is 25.3 Å². The highest BCUT2D eigenvalue weighted by Crippen LogP contribution is 2.20. The highest BCUT2D eigenvalue weighted by Gasteiger charge is 2.15. The highest BCUT2D eigenvalue weighted by atomic mass is 32.2. The van der Waals surface area contributed by atoms with Gasteiger partial charge < -0.3 is 5.32 Å². The first-order valence-corrected chi connectivity index (χ1v) is 6.60. The van der Waals surface area contributed by atoms with E-state index in [0.717, 1.165) is 0 Å². The lowest BCUT2D eigenvalue weighted by molar-refractivity contribution is 0.588. The van der Waals surface area contributed by atoms with E-state index in [9.17, 15) is 8.42 Å². The number of nitrogens with one attached hydrogen (secondary N) is 3. The molecule has 0 saturated carbocycles. The molecule has 1 aromatic carbocycles. The van der Waals surface area contributed by atoms with Crippen molar-refractivity contribution >= 4 is 15.7 Å². The molecule has 0 aliphatic carbocycles. The van der Waals surface area contributed by atoms with Crippen molar-refractivity contribution < 1.29 is 8.42 Å². The molecular weight excluding hydrogens is 256 g/mol. The van der Waals surface area contributed by atoms with Gasteiger partial charge in [-0.3, -0.25) is 0 Å². The van der Waals surface area contributed by atoms with Gasteiger partial charge in [0, 0.05) is 0 Å². The van der Waals surface area contributed by atoms with E-state index >= 15 is 0 Å². The Kier molecular flexibility index (Phi) is 3.53. The van der Waals surface area contributed by atoms with E-state index in [-0.39, 0.29) is 11.4 Å². The Bertz CT molecular complexity index is 610. The van der Waals surface area contributed by atoms with Gasteiger partial charge in [0.2, 0.25) is 10.0 Å². The lowest BCUT2D eigenvalue weighted by Gasteiger charge is -2.10. The lowest BCUT2D eigenvalue weighted by atomic mass is 10.3. The number of para-hydroxylation sites is 1. The van der Waals surface area contributed by atoms with Crippen LogP contribution < -0.4 is 10.0 Å². The van der Waals surface area contributed by atoms with Crippen LogP contribution in [-0.2, 0) is 16.6 Å². The lowest BCUT2D eigenvalue weighted by Crippen LogP contribution is -2.20. The SMILES string of the molecule is CNS(=O)(=O)c1ccccc1NCc1nn[nH]n1. The molecule has 1 aromatic heterocycles. The molecule has 2 rings (SSSR count). The van der Waals surface area contributed by atoms with Crippen molar-refractivity contribution in [3.8, 4) is 0 Å². The van der Waals surface area contributed by atoms with Crippen LogP contribution in [0.5, 0.6) is 0 Å². The van der Waals surface area contributed by atoms with Gasteiger partial charge in [0.05, 0.1) is 12.2 Å². The summed E-state index contributed by atoms with van der Waals surface area (Å²) in [5.41, 5.74) is 0.483. The molecule has 0 atom stereocenters. The van der Waals surface area contributed by atoms with Crippen LogP contribution >= 0.6 is 0 Å². The third-order valence-electron chi connectivity index (χ3n) is 2.27. The number of nitrogens with zero attached hydrogens (tertiary/aromatic N) is 3.